The van der Waals surface area contributed by atoms with Crippen LogP contribution in [0.15, 0.2) is 36.9 Å². The molecule has 0 fully saturated rings. The van der Waals surface area contributed by atoms with Crippen molar-refractivity contribution in [3.05, 3.63) is 48.0 Å². The minimum absolute atomic E-state index is 0. The van der Waals surface area contributed by atoms with Crippen LogP contribution in [0.1, 0.15) is 11.1 Å². The van der Waals surface area contributed by atoms with Crippen LogP contribution in [0.3, 0.4) is 0 Å². The van der Waals surface area contributed by atoms with Gasteiger partial charge >= 0.3 is 0 Å². The first-order valence-electron chi connectivity index (χ1n) is 3.34. The smallest absolute Gasteiger partial charge is 0 e. The zero-order chi connectivity index (χ0) is 6.97. The van der Waals surface area contributed by atoms with Crippen LogP contribution >= 0.6 is 0 Å². The predicted octanol–water partition coefficient (Wildman–Crippen LogP) is 2.72. The summed E-state index contributed by atoms with van der Waals surface area (Å²) in [6, 6.07) is 8.28. The van der Waals surface area contributed by atoms with Gasteiger partial charge in [0.15, 0.2) is 0 Å². The van der Waals surface area contributed by atoms with Crippen LogP contribution in [0.5, 0.6) is 0 Å². The molecule has 1 heteroatoms. The Morgan fingerprint density at radius 2 is 1.73 bits per heavy atom. The summed E-state index contributed by atoms with van der Waals surface area (Å²) >= 11 is 0. The van der Waals surface area contributed by atoms with Gasteiger partial charge in [-0.1, -0.05) is 43.0 Å². The van der Waals surface area contributed by atoms with Gasteiger partial charge < -0.3 is 0 Å². The van der Waals surface area contributed by atoms with Crippen molar-refractivity contribution < 1.29 is 19.5 Å². The van der Waals surface area contributed by atoms with Gasteiger partial charge in [0.05, 0.1) is 0 Å². The molecule has 1 aliphatic carbocycles. The Balaban J connectivity index is 0.000000605. The average molecular weight is 229 g/mol. The Kier molecular flexibility index (Phi) is 2.41. The Labute approximate surface area is 79.4 Å². The van der Waals surface area contributed by atoms with Gasteiger partial charge in [0.2, 0.25) is 0 Å². The third-order valence-electron chi connectivity index (χ3n) is 1.77. The third-order valence-corrected chi connectivity index (χ3v) is 1.77. The van der Waals surface area contributed by atoms with Gasteiger partial charge in [-0.25, -0.2) is 0 Å². The van der Waals surface area contributed by atoms with Crippen molar-refractivity contribution in [3.63, 3.8) is 0 Å². The topological polar surface area (TPSA) is 0 Å². The molecular weight excluding hydrogens is 221 g/mol. The van der Waals surface area contributed by atoms with E-state index >= 15 is 0 Å². The molecule has 0 unspecified atom stereocenters. The molecule has 0 spiro atoms. The quantitative estimate of drug-likeness (QED) is 0.600. The summed E-state index contributed by atoms with van der Waals surface area (Å²) in [5.41, 5.74) is 3.67. The molecule has 0 bridgehead atoms. The van der Waals surface area contributed by atoms with E-state index in [1.165, 1.54) is 11.1 Å². The van der Waals surface area contributed by atoms with Crippen molar-refractivity contribution in [3.8, 4) is 0 Å². The number of rotatable bonds is 0. The number of allylic oxidation sites excluding steroid dienone is 2. The molecule has 0 radical (unpaired) electrons. The van der Waals surface area contributed by atoms with Crippen molar-refractivity contribution in [1.82, 2.24) is 0 Å². The number of benzene rings is 1. The van der Waals surface area contributed by atoms with E-state index in [1.807, 2.05) is 18.2 Å². The van der Waals surface area contributed by atoms with Crippen LogP contribution in [-0.4, -0.2) is 0 Å². The minimum Gasteiger partial charge on any atom is -0.0911 e. The van der Waals surface area contributed by atoms with Crippen LogP contribution in [0.25, 0.3) is 11.6 Å². The number of hydrogen-bond donors (Lipinski definition) is 0. The van der Waals surface area contributed by atoms with Crippen LogP contribution in [-0.2, 0) is 19.5 Å². The van der Waals surface area contributed by atoms with Crippen molar-refractivity contribution in [2.24, 2.45) is 0 Å². The van der Waals surface area contributed by atoms with E-state index in [4.69, 9.17) is 0 Å². The van der Waals surface area contributed by atoms with Crippen LogP contribution in [0, 0.1) is 0 Å². The molecule has 0 aliphatic heterocycles. The predicted molar refractivity (Wildman–Crippen MR) is 44.5 cm³/mol. The molecule has 0 aromatic heterocycles. The standard InChI is InChI=1S/C10H8.Ru/c1-8-6-7-9-4-2-3-5-10(8)9;/h2-7H,1H2;. The summed E-state index contributed by atoms with van der Waals surface area (Å²) < 4.78 is 0. The first-order chi connectivity index (χ1) is 4.88. The molecule has 0 N–H and O–H groups in total. The fourth-order valence-electron chi connectivity index (χ4n) is 1.21. The van der Waals surface area contributed by atoms with Gasteiger partial charge in [-0.3, -0.25) is 0 Å². The fraction of sp³-hybridized carbons (Fsp3) is 0. The van der Waals surface area contributed by atoms with Crippen LogP contribution < -0.4 is 0 Å². The second kappa shape index (κ2) is 3.15. The monoisotopic (exact) mass is 230 g/mol. The summed E-state index contributed by atoms with van der Waals surface area (Å²) in [4.78, 5) is 0. The summed E-state index contributed by atoms with van der Waals surface area (Å²) in [5.74, 6) is 0. The van der Waals surface area contributed by atoms with Gasteiger partial charge in [0, 0.05) is 19.5 Å². The van der Waals surface area contributed by atoms with Crippen molar-refractivity contribution in [2.45, 2.75) is 0 Å². The molecule has 56 valence electrons. The van der Waals surface area contributed by atoms with Crippen molar-refractivity contribution in [1.29, 1.82) is 0 Å². The van der Waals surface area contributed by atoms with Crippen LogP contribution in [0.2, 0.25) is 0 Å². The van der Waals surface area contributed by atoms with E-state index in [-0.39, 0.29) is 19.5 Å². The molecule has 1 aromatic carbocycles. The molecule has 0 atom stereocenters. The molecule has 0 nitrogen and oxygen atoms in total. The third kappa shape index (κ3) is 1.34. The van der Waals surface area contributed by atoms with E-state index in [0.717, 1.165) is 5.57 Å². The maximum atomic E-state index is 3.91. The normalized spacial score (nSPS) is 12.5. The van der Waals surface area contributed by atoms with Gasteiger partial charge in [0.1, 0.15) is 0 Å². The molecule has 2 rings (SSSR count). The van der Waals surface area contributed by atoms with Crippen LogP contribution in [0.4, 0.5) is 0 Å². The Morgan fingerprint density at radius 3 is 2.45 bits per heavy atom. The van der Waals surface area contributed by atoms with Gasteiger partial charge in [0.25, 0.3) is 0 Å². The summed E-state index contributed by atoms with van der Waals surface area (Å²) in [7, 11) is 0. The summed E-state index contributed by atoms with van der Waals surface area (Å²) in [5, 5.41) is 0. The molecule has 0 heterocycles. The molecule has 0 saturated carbocycles. The molecule has 0 saturated heterocycles. The second-order valence-corrected chi connectivity index (χ2v) is 2.45. The van der Waals surface area contributed by atoms with Crippen molar-refractivity contribution in [2.75, 3.05) is 0 Å². The first-order valence-corrected chi connectivity index (χ1v) is 3.34. The molecule has 11 heavy (non-hydrogen) atoms. The molecular formula is C10H8Ru. The second-order valence-electron chi connectivity index (χ2n) is 2.45. The van der Waals surface area contributed by atoms with E-state index in [2.05, 4.69) is 24.8 Å². The minimum atomic E-state index is 0. The molecule has 1 aromatic rings. The fourth-order valence-corrected chi connectivity index (χ4v) is 1.21. The van der Waals surface area contributed by atoms with Gasteiger partial charge in [-0.2, -0.15) is 0 Å². The van der Waals surface area contributed by atoms with E-state index in [9.17, 15) is 0 Å². The zero-order valence-electron chi connectivity index (χ0n) is 6.02. The number of fused-ring (bicyclic) bond motifs is 1. The maximum Gasteiger partial charge on any atom is 0 e. The molecule has 1 aliphatic rings. The molecule has 0 amide bonds. The van der Waals surface area contributed by atoms with E-state index in [0.29, 0.717) is 0 Å². The number of hydrogen-bond acceptors (Lipinski definition) is 0. The van der Waals surface area contributed by atoms with E-state index < -0.39 is 0 Å². The van der Waals surface area contributed by atoms with Gasteiger partial charge in [-0.15, -0.1) is 0 Å². The largest absolute Gasteiger partial charge is 0.0911 e. The Morgan fingerprint density at radius 1 is 1.00 bits per heavy atom. The first kappa shape index (κ1) is 8.42. The summed E-state index contributed by atoms with van der Waals surface area (Å²) in [6.45, 7) is 3.91. The van der Waals surface area contributed by atoms with Crippen molar-refractivity contribution >= 4 is 11.6 Å². The summed E-state index contributed by atoms with van der Waals surface area (Å²) in [6.07, 6.45) is 4.14. The van der Waals surface area contributed by atoms with E-state index in [1.54, 1.807) is 0 Å². The van der Waals surface area contributed by atoms with Gasteiger partial charge in [-0.05, 0) is 16.7 Å². The average Bonchev–Trinajstić information content (AvgIpc) is 2.34. The zero-order valence-corrected chi connectivity index (χ0v) is 7.76. The SMILES string of the molecule is C=C1C=Cc2ccccc21.[Ru]. The Hall–Kier alpha value is -0.677. The maximum absolute atomic E-state index is 3.91. The Bertz CT molecular complexity index is 310.